The Labute approximate surface area is 309 Å². The van der Waals surface area contributed by atoms with Gasteiger partial charge < -0.3 is 0 Å². The van der Waals surface area contributed by atoms with Gasteiger partial charge in [0, 0.05) is 36.3 Å². The zero-order chi connectivity index (χ0) is 33.0. The molecule has 3 heterocycles. The first-order chi connectivity index (χ1) is 24.8. The van der Waals surface area contributed by atoms with Crippen molar-refractivity contribution in [1.29, 1.82) is 0 Å². The molecule has 3 nitrogen and oxygen atoms in total. The third-order valence-corrected chi connectivity index (χ3v) is 19.0. The standard InChI is InChI=1S/C47H79N3/c1-4-16-32(17-5-1)34-30-41(33-18-6-2-7-19-33)48-45(31-34)50-43-28-13-11-23-40(43)46-37(24-15-29-44(46)50)39-26-14-25-38-36-22-10-12-27-42(36)49(47(38)39)35-20-8-3-9-21-35/h32-48H,1-31H2. The van der Waals surface area contributed by atoms with Gasteiger partial charge in [0.25, 0.3) is 0 Å². The molecule has 10 aliphatic rings. The van der Waals surface area contributed by atoms with Crippen molar-refractivity contribution in [3.05, 3.63) is 0 Å². The number of hydrogen-bond donors (Lipinski definition) is 1. The van der Waals surface area contributed by atoms with E-state index in [2.05, 4.69) is 15.1 Å². The first-order valence-corrected chi connectivity index (χ1v) is 24.1. The van der Waals surface area contributed by atoms with Gasteiger partial charge >= 0.3 is 0 Å². The van der Waals surface area contributed by atoms with Crippen LogP contribution < -0.4 is 5.32 Å². The van der Waals surface area contributed by atoms with Crippen LogP contribution in [-0.4, -0.2) is 52.2 Å². The number of hydrogen-bond acceptors (Lipinski definition) is 3. The van der Waals surface area contributed by atoms with E-state index in [-0.39, 0.29) is 0 Å². The van der Waals surface area contributed by atoms with Crippen LogP contribution in [0.4, 0.5) is 0 Å². The first kappa shape index (κ1) is 34.4. The van der Waals surface area contributed by atoms with Crippen LogP contribution in [0.25, 0.3) is 0 Å². The van der Waals surface area contributed by atoms with E-state index in [0.717, 1.165) is 89.5 Å². The predicted octanol–water partition coefficient (Wildman–Crippen LogP) is 11.5. The van der Waals surface area contributed by atoms with E-state index in [1.807, 2.05) is 0 Å². The molecule has 1 N–H and O–H groups in total. The lowest BCUT2D eigenvalue weighted by Crippen LogP contribution is -2.61. The van der Waals surface area contributed by atoms with Crippen LogP contribution in [0.2, 0.25) is 0 Å². The Balaban J connectivity index is 0.961. The van der Waals surface area contributed by atoms with Crippen LogP contribution in [-0.2, 0) is 0 Å². The molecule has 13 atom stereocenters. The predicted molar refractivity (Wildman–Crippen MR) is 208 cm³/mol. The number of nitrogens with one attached hydrogen (secondary N) is 1. The molecule has 50 heavy (non-hydrogen) atoms. The minimum atomic E-state index is 0.689. The summed E-state index contributed by atoms with van der Waals surface area (Å²) in [6.07, 6.45) is 48.3. The van der Waals surface area contributed by atoms with Gasteiger partial charge in [0.1, 0.15) is 0 Å². The quantitative estimate of drug-likeness (QED) is 0.311. The molecule has 0 amide bonds. The van der Waals surface area contributed by atoms with Gasteiger partial charge in [-0.2, -0.15) is 0 Å². The Morgan fingerprint density at radius 3 is 1.60 bits per heavy atom. The van der Waals surface area contributed by atoms with Crippen molar-refractivity contribution in [3.8, 4) is 0 Å². The molecule has 0 aromatic heterocycles. The van der Waals surface area contributed by atoms with E-state index in [0.29, 0.717) is 6.17 Å². The molecule has 3 heteroatoms. The van der Waals surface area contributed by atoms with Crippen molar-refractivity contribution in [2.45, 2.75) is 241 Å². The summed E-state index contributed by atoms with van der Waals surface area (Å²) in [6, 6.07) is 5.46. The third-order valence-electron chi connectivity index (χ3n) is 19.0. The number of piperidine rings is 1. The van der Waals surface area contributed by atoms with Gasteiger partial charge in [0.2, 0.25) is 0 Å². The molecule has 10 rings (SSSR count). The van der Waals surface area contributed by atoms with E-state index >= 15 is 0 Å². The van der Waals surface area contributed by atoms with Crippen LogP contribution in [0.1, 0.15) is 199 Å². The fourth-order valence-electron chi connectivity index (χ4n) is 17.3. The summed E-state index contributed by atoms with van der Waals surface area (Å²) >= 11 is 0. The SMILES string of the molecule is C1CCC(C2CC(C3CCCCC3)NC(N3C4CCCCC4C4C(C5CCCC6C7CCCCC7N(C7CCCCC7)C56)CCCC43)C2)CC1. The Morgan fingerprint density at radius 1 is 0.340 bits per heavy atom. The molecule has 0 spiro atoms. The van der Waals surface area contributed by atoms with Crippen molar-refractivity contribution in [1.82, 2.24) is 15.1 Å². The maximum absolute atomic E-state index is 4.63. The number of likely N-dealkylation sites (tertiary alicyclic amines) is 2. The minimum absolute atomic E-state index is 0.689. The Kier molecular flexibility index (Phi) is 10.4. The first-order valence-electron chi connectivity index (χ1n) is 24.1. The van der Waals surface area contributed by atoms with Crippen molar-refractivity contribution >= 4 is 0 Å². The number of rotatable bonds is 5. The van der Waals surface area contributed by atoms with Crippen LogP contribution in [0.15, 0.2) is 0 Å². The molecule has 0 aromatic carbocycles. The van der Waals surface area contributed by atoms with Crippen LogP contribution in [0, 0.1) is 53.3 Å². The summed E-state index contributed by atoms with van der Waals surface area (Å²) in [6.45, 7) is 0. The van der Waals surface area contributed by atoms with Crippen LogP contribution in [0.3, 0.4) is 0 Å². The average molecular weight is 686 g/mol. The third kappa shape index (κ3) is 6.24. The Hall–Kier alpha value is -0.120. The lowest BCUT2D eigenvalue weighted by Gasteiger charge is -2.52. The number of nitrogens with zero attached hydrogens (tertiary/aromatic N) is 2. The van der Waals surface area contributed by atoms with Crippen molar-refractivity contribution in [3.63, 3.8) is 0 Å². The van der Waals surface area contributed by atoms with E-state index in [9.17, 15) is 0 Å². The molecule has 0 bridgehead atoms. The van der Waals surface area contributed by atoms with Gasteiger partial charge in [-0.1, -0.05) is 109 Å². The summed E-state index contributed by atoms with van der Waals surface area (Å²) in [4.78, 5) is 6.78. The minimum Gasteiger partial charge on any atom is -0.299 e. The highest BCUT2D eigenvalue weighted by atomic mass is 15.4. The number of fused-ring (bicyclic) bond motifs is 6. The van der Waals surface area contributed by atoms with Gasteiger partial charge in [0.15, 0.2) is 0 Å². The van der Waals surface area contributed by atoms with E-state index < -0.39 is 0 Å². The van der Waals surface area contributed by atoms with E-state index in [1.54, 1.807) is 64.2 Å². The summed E-state index contributed by atoms with van der Waals surface area (Å²) in [7, 11) is 0. The Morgan fingerprint density at radius 2 is 0.860 bits per heavy atom. The highest BCUT2D eigenvalue weighted by molar-refractivity contribution is 5.13. The van der Waals surface area contributed by atoms with Crippen LogP contribution >= 0.6 is 0 Å². The van der Waals surface area contributed by atoms with Crippen molar-refractivity contribution in [2.75, 3.05) is 0 Å². The molecule has 7 aliphatic carbocycles. The second-order valence-corrected chi connectivity index (χ2v) is 21.0. The maximum Gasteiger partial charge on any atom is 0.0607 e. The van der Waals surface area contributed by atoms with Gasteiger partial charge in [-0.3, -0.25) is 15.1 Å². The van der Waals surface area contributed by atoms with Gasteiger partial charge in [-0.25, -0.2) is 0 Å². The summed E-state index contributed by atoms with van der Waals surface area (Å²) < 4.78 is 0. The lowest BCUT2D eigenvalue weighted by atomic mass is 9.58. The lowest BCUT2D eigenvalue weighted by molar-refractivity contribution is -0.0300. The maximum atomic E-state index is 4.63. The Bertz CT molecular complexity index is 1080. The molecular formula is C47H79N3. The van der Waals surface area contributed by atoms with E-state index in [4.69, 9.17) is 0 Å². The fourth-order valence-corrected chi connectivity index (χ4v) is 17.3. The van der Waals surface area contributed by atoms with Crippen LogP contribution in [0.5, 0.6) is 0 Å². The summed E-state index contributed by atoms with van der Waals surface area (Å²) in [5.74, 6) is 9.17. The molecule has 3 saturated heterocycles. The monoisotopic (exact) mass is 686 g/mol. The fraction of sp³-hybridized carbons (Fsp3) is 1.00. The second-order valence-electron chi connectivity index (χ2n) is 21.0. The second kappa shape index (κ2) is 15.2. The average Bonchev–Trinajstić information content (AvgIpc) is 3.72. The molecule has 10 fully saturated rings. The van der Waals surface area contributed by atoms with Gasteiger partial charge in [-0.05, 0) is 143 Å². The smallest absolute Gasteiger partial charge is 0.0607 e. The molecule has 0 aromatic rings. The topological polar surface area (TPSA) is 18.5 Å². The zero-order valence-corrected chi connectivity index (χ0v) is 32.6. The molecule has 7 saturated carbocycles. The largest absolute Gasteiger partial charge is 0.299 e. The normalized spacial score (nSPS) is 48.8. The highest BCUT2D eigenvalue weighted by Crippen LogP contribution is 2.60. The highest BCUT2D eigenvalue weighted by Gasteiger charge is 2.61. The molecule has 282 valence electrons. The molecule has 3 aliphatic heterocycles. The summed E-state index contributed by atoms with van der Waals surface area (Å²) in [5, 5.41) is 4.63. The van der Waals surface area contributed by atoms with E-state index in [1.165, 1.54) is 135 Å². The van der Waals surface area contributed by atoms with Gasteiger partial charge in [0.05, 0.1) is 6.17 Å². The zero-order valence-electron chi connectivity index (χ0n) is 32.6. The molecular weight excluding hydrogens is 607 g/mol. The van der Waals surface area contributed by atoms with Crippen molar-refractivity contribution in [2.24, 2.45) is 53.3 Å². The van der Waals surface area contributed by atoms with Crippen molar-refractivity contribution < 1.29 is 0 Å². The summed E-state index contributed by atoms with van der Waals surface area (Å²) in [5.41, 5.74) is 0. The molecule has 0 radical (unpaired) electrons. The molecule has 13 unspecified atom stereocenters. The van der Waals surface area contributed by atoms with Gasteiger partial charge in [-0.15, -0.1) is 0 Å².